The number of hydrogen-bond donors (Lipinski definition) is 2. The summed E-state index contributed by atoms with van der Waals surface area (Å²) < 4.78 is 14.2. The van der Waals surface area contributed by atoms with Crippen LogP contribution in [-0.4, -0.2) is 5.11 Å². The van der Waals surface area contributed by atoms with Crippen molar-refractivity contribution in [2.75, 3.05) is 0 Å². The fourth-order valence-electron chi connectivity index (χ4n) is 1.86. The number of rotatable bonds is 4. The molecule has 100 valence electrons. The topological polar surface area (TPSA) is 32.3 Å². The van der Waals surface area contributed by atoms with E-state index >= 15 is 0 Å². The number of halogens is 2. The summed E-state index contributed by atoms with van der Waals surface area (Å²) in [6, 6.07) is 12.6. The van der Waals surface area contributed by atoms with E-state index in [0.29, 0.717) is 12.1 Å². The van der Waals surface area contributed by atoms with Crippen LogP contribution in [-0.2, 0) is 6.54 Å². The highest BCUT2D eigenvalue weighted by Gasteiger charge is 2.09. The highest BCUT2D eigenvalue weighted by molar-refractivity contribution is 9.10. The minimum Gasteiger partial charge on any atom is -0.505 e. The van der Waals surface area contributed by atoms with Crippen molar-refractivity contribution in [1.29, 1.82) is 0 Å². The molecule has 0 spiro atoms. The molecule has 0 unspecified atom stereocenters. The first-order valence-electron chi connectivity index (χ1n) is 6.03. The van der Waals surface area contributed by atoms with Gasteiger partial charge >= 0.3 is 0 Å². The van der Waals surface area contributed by atoms with Crippen molar-refractivity contribution in [2.24, 2.45) is 0 Å². The normalized spacial score (nSPS) is 12.4. The van der Waals surface area contributed by atoms with E-state index in [0.717, 1.165) is 10.0 Å². The number of aromatic hydroxyl groups is 1. The predicted molar refractivity (Wildman–Crippen MR) is 77.5 cm³/mol. The maximum atomic E-state index is 13.2. The SMILES string of the molecule is C[C@H](NCc1cccc(F)c1O)c1cccc(Br)c1. The molecule has 2 nitrogen and oxygen atoms in total. The molecule has 4 heteroatoms. The molecule has 1 atom stereocenters. The summed E-state index contributed by atoms with van der Waals surface area (Å²) in [5.41, 5.74) is 1.69. The quantitative estimate of drug-likeness (QED) is 0.886. The van der Waals surface area contributed by atoms with Crippen LogP contribution in [0.1, 0.15) is 24.1 Å². The first kappa shape index (κ1) is 14.0. The van der Waals surface area contributed by atoms with Gasteiger partial charge in [-0.05, 0) is 30.7 Å². The number of para-hydroxylation sites is 1. The molecule has 0 heterocycles. The van der Waals surface area contributed by atoms with E-state index in [2.05, 4.69) is 21.2 Å². The Balaban J connectivity index is 2.04. The first-order valence-corrected chi connectivity index (χ1v) is 6.82. The molecule has 2 rings (SSSR count). The lowest BCUT2D eigenvalue weighted by Gasteiger charge is -2.15. The zero-order chi connectivity index (χ0) is 13.8. The molecule has 2 N–H and O–H groups in total. The molecule has 0 saturated heterocycles. The van der Waals surface area contributed by atoms with Gasteiger partial charge in [0.2, 0.25) is 0 Å². The average Bonchev–Trinajstić information content (AvgIpc) is 2.40. The van der Waals surface area contributed by atoms with E-state index in [1.165, 1.54) is 6.07 Å². The minimum atomic E-state index is -0.589. The van der Waals surface area contributed by atoms with Crippen LogP contribution in [0.4, 0.5) is 4.39 Å². The second-order valence-electron chi connectivity index (χ2n) is 4.41. The van der Waals surface area contributed by atoms with Gasteiger partial charge in [-0.1, -0.05) is 40.2 Å². The number of phenols is 1. The fraction of sp³-hybridized carbons (Fsp3) is 0.200. The van der Waals surface area contributed by atoms with Crippen LogP contribution in [0.5, 0.6) is 5.75 Å². The molecule has 0 amide bonds. The lowest BCUT2D eigenvalue weighted by Crippen LogP contribution is -2.18. The summed E-state index contributed by atoms with van der Waals surface area (Å²) in [5, 5.41) is 12.9. The van der Waals surface area contributed by atoms with E-state index in [4.69, 9.17) is 0 Å². The highest BCUT2D eigenvalue weighted by atomic mass is 79.9. The molecule has 0 fully saturated rings. The van der Waals surface area contributed by atoms with Gasteiger partial charge in [0.15, 0.2) is 11.6 Å². The number of phenolic OH excluding ortho intramolecular Hbond substituents is 1. The third-order valence-corrected chi connectivity index (χ3v) is 3.51. The van der Waals surface area contributed by atoms with Crippen LogP contribution < -0.4 is 5.32 Å². The van der Waals surface area contributed by atoms with Gasteiger partial charge in [-0.15, -0.1) is 0 Å². The van der Waals surface area contributed by atoms with E-state index in [-0.39, 0.29) is 11.8 Å². The van der Waals surface area contributed by atoms with Gasteiger partial charge in [-0.2, -0.15) is 0 Å². The van der Waals surface area contributed by atoms with Crippen LogP contribution in [0.15, 0.2) is 46.9 Å². The Morgan fingerprint density at radius 3 is 2.74 bits per heavy atom. The van der Waals surface area contributed by atoms with Crippen molar-refractivity contribution in [1.82, 2.24) is 5.32 Å². The summed E-state index contributed by atoms with van der Waals surface area (Å²) in [6.07, 6.45) is 0. The van der Waals surface area contributed by atoms with Gasteiger partial charge in [0.1, 0.15) is 0 Å². The van der Waals surface area contributed by atoms with E-state index < -0.39 is 5.82 Å². The molecule has 19 heavy (non-hydrogen) atoms. The smallest absolute Gasteiger partial charge is 0.165 e. The van der Waals surface area contributed by atoms with Crippen molar-refractivity contribution < 1.29 is 9.50 Å². The van der Waals surface area contributed by atoms with Gasteiger partial charge in [0, 0.05) is 22.6 Å². The van der Waals surface area contributed by atoms with Crippen LogP contribution in [0.3, 0.4) is 0 Å². The van der Waals surface area contributed by atoms with Gasteiger partial charge in [-0.3, -0.25) is 0 Å². The fourth-order valence-corrected chi connectivity index (χ4v) is 2.28. The molecule has 0 radical (unpaired) electrons. The standard InChI is InChI=1S/C15H15BrFNO/c1-10(11-4-2-6-13(16)8-11)18-9-12-5-3-7-14(17)15(12)19/h2-8,10,18-19H,9H2,1H3/t10-/m0/s1. The third-order valence-electron chi connectivity index (χ3n) is 3.02. The Morgan fingerprint density at radius 1 is 1.26 bits per heavy atom. The maximum absolute atomic E-state index is 13.2. The molecule has 0 aliphatic carbocycles. The van der Waals surface area contributed by atoms with Crippen LogP contribution in [0, 0.1) is 5.82 Å². The van der Waals surface area contributed by atoms with Crippen LogP contribution in [0.2, 0.25) is 0 Å². The van der Waals surface area contributed by atoms with E-state index in [1.807, 2.05) is 31.2 Å². The third kappa shape index (κ3) is 3.55. The Bertz CT molecular complexity index is 574. The Labute approximate surface area is 120 Å². The molecule has 0 bridgehead atoms. The summed E-state index contributed by atoms with van der Waals surface area (Å²) in [6.45, 7) is 2.44. The predicted octanol–water partition coefficient (Wildman–Crippen LogP) is 4.14. The number of nitrogens with one attached hydrogen (secondary N) is 1. The maximum Gasteiger partial charge on any atom is 0.165 e. The van der Waals surface area contributed by atoms with Gasteiger partial charge in [0.05, 0.1) is 0 Å². The molecule has 0 aliphatic heterocycles. The van der Waals surface area contributed by atoms with Crippen LogP contribution in [0.25, 0.3) is 0 Å². The molecular weight excluding hydrogens is 309 g/mol. The molecule has 2 aromatic carbocycles. The Morgan fingerprint density at radius 2 is 2.00 bits per heavy atom. The zero-order valence-electron chi connectivity index (χ0n) is 10.5. The lowest BCUT2D eigenvalue weighted by atomic mass is 10.1. The highest BCUT2D eigenvalue weighted by Crippen LogP contribution is 2.22. The first-order chi connectivity index (χ1) is 9.08. The van der Waals surface area contributed by atoms with Crippen molar-refractivity contribution in [3.8, 4) is 5.75 Å². The number of hydrogen-bond acceptors (Lipinski definition) is 2. The minimum absolute atomic E-state index is 0.111. The molecule has 0 saturated carbocycles. The number of benzene rings is 2. The van der Waals surface area contributed by atoms with Crippen LogP contribution >= 0.6 is 15.9 Å². The summed E-state index contributed by atoms with van der Waals surface area (Å²) in [4.78, 5) is 0. The van der Waals surface area contributed by atoms with Gasteiger partial charge < -0.3 is 10.4 Å². The van der Waals surface area contributed by atoms with Gasteiger partial charge in [-0.25, -0.2) is 4.39 Å². The monoisotopic (exact) mass is 323 g/mol. The molecule has 0 aromatic heterocycles. The van der Waals surface area contributed by atoms with Crippen molar-refractivity contribution in [2.45, 2.75) is 19.5 Å². The average molecular weight is 324 g/mol. The summed E-state index contributed by atoms with van der Waals surface area (Å²) >= 11 is 3.43. The second-order valence-corrected chi connectivity index (χ2v) is 5.32. The molecule has 0 aliphatic rings. The lowest BCUT2D eigenvalue weighted by molar-refractivity contribution is 0.421. The van der Waals surface area contributed by atoms with Crippen molar-refractivity contribution in [3.05, 3.63) is 63.9 Å². The zero-order valence-corrected chi connectivity index (χ0v) is 12.1. The second kappa shape index (κ2) is 6.17. The van der Waals surface area contributed by atoms with Gasteiger partial charge in [0.25, 0.3) is 0 Å². The molecule has 2 aromatic rings. The summed E-state index contributed by atoms with van der Waals surface area (Å²) in [5.74, 6) is -0.870. The van der Waals surface area contributed by atoms with Crippen molar-refractivity contribution >= 4 is 15.9 Å². The Kier molecular flexibility index (Phi) is 4.56. The van der Waals surface area contributed by atoms with E-state index in [1.54, 1.807) is 12.1 Å². The van der Waals surface area contributed by atoms with E-state index in [9.17, 15) is 9.50 Å². The largest absolute Gasteiger partial charge is 0.505 e. The molecular formula is C15H15BrFNO. The Hall–Kier alpha value is -1.39. The van der Waals surface area contributed by atoms with Crippen molar-refractivity contribution in [3.63, 3.8) is 0 Å². The summed E-state index contributed by atoms with van der Waals surface area (Å²) in [7, 11) is 0.